The van der Waals surface area contributed by atoms with Crippen molar-refractivity contribution in [2.75, 3.05) is 7.11 Å². The second-order valence-electron chi connectivity index (χ2n) is 4.44. The van der Waals surface area contributed by atoms with E-state index in [0.29, 0.717) is 6.42 Å². The SMILES string of the molecule is COc1ccc(CCCC(=O)C(C)C)cc1F. The van der Waals surface area contributed by atoms with Gasteiger partial charge in [-0.05, 0) is 30.5 Å². The quantitative estimate of drug-likeness (QED) is 0.759. The number of aryl methyl sites for hydroxylation is 1. The van der Waals surface area contributed by atoms with Gasteiger partial charge in [0.25, 0.3) is 0 Å². The van der Waals surface area contributed by atoms with Gasteiger partial charge in [-0.15, -0.1) is 0 Å². The van der Waals surface area contributed by atoms with Crippen molar-refractivity contribution in [1.29, 1.82) is 0 Å². The van der Waals surface area contributed by atoms with Gasteiger partial charge in [0.05, 0.1) is 7.11 Å². The molecule has 0 aromatic heterocycles. The summed E-state index contributed by atoms with van der Waals surface area (Å²) >= 11 is 0. The van der Waals surface area contributed by atoms with E-state index in [0.717, 1.165) is 18.4 Å². The summed E-state index contributed by atoms with van der Waals surface area (Å²) in [7, 11) is 1.44. The summed E-state index contributed by atoms with van der Waals surface area (Å²) in [5.74, 6) is 0.258. The van der Waals surface area contributed by atoms with Crippen LogP contribution in [0, 0.1) is 11.7 Å². The van der Waals surface area contributed by atoms with E-state index in [2.05, 4.69) is 0 Å². The van der Waals surface area contributed by atoms with Gasteiger partial charge in [-0.2, -0.15) is 0 Å². The summed E-state index contributed by atoms with van der Waals surface area (Å²) in [6.07, 6.45) is 2.05. The van der Waals surface area contributed by atoms with Gasteiger partial charge in [0.2, 0.25) is 0 Å². The molecule has 0 saturated carbocycles. The van der Waals surface area contributed by atoms with Crippen LogP contribution in [-0.4, -0.2) is 12.9 Å². The van der Waals surface area contributed by atoms with Gasteiger partial charge in [0.1, 0.15) is 5.78 Å². The number of hydrogen-bond acceptors (Lipinski definition) is 2. The number of halogens is 1. The molecule has 17 heavy (non-hydrogen) atoms. The van der Waals surface area contributed by atoms with Crippen molar-refractivity contribution in [2.24, 2.45) is 5.92 Å². The Labute approximate surface area is 102 Å². The fraction of sp³-hybridized carbons (Fsp3) is 0.500. The third-order valence-corrected chi connectivity index (χ3v) is 2.75. The lowest BCUT2D eigenvalue weighted by Gasteiger charge is -2.06. The normalized spacial score (nSPS) is 10.6. The zero-order valence-corrected chi connectivity index (χ0v) is 10.6. The number of methoxy groups -OCH3 is 1. The van der Waals surface area contributed by atoms with Gasteiger partial charge in [-0.3, -0.25) is 4.79 Å². The molecule has 94 valence electrons. The highest BCUT2D eigenvalue weighted by Crippen LogP contribution is 2.19. The Morgan fingerprint density at radius 3 is 2.65 bits per heavy atom. The highest BCUT2D eigenvalue weighted by molar-refractivity contribution is 5.80. The van der Waals surface area contributed by atoms with Gasteiger partial charge >= 0.3 is 0 Å². The van der Waals surface area contributed by atoms with Crippen LogP contribution in [0.2, 0.25) is 0 Å². The maximum Gasteiger partial charge on any atom is 0.165 e. The fourth-order valence-electron chi connectivity index (χ4n) is 1.62. The molecular weight excluding hydrogens is 219 g/mol. The molecule has 1 rings (SSSR count). The maximum absolute atomic E-state index is 13.4. The molecule has 0 aliphatic heterocycles. The Morgan fingerprint density at radius 1 is 1.41 bits per heavy atom. The van der Waals surface area contributed by atoms with Crippen LogP contribution >= 0.6 is 0 Å². The molecule has 2 nitrogen and oxygen atoms in total. The van der Waals surface area contributed by atoms with Crippen LogP contribution in [0.15, 0.2) is 18.2 Å². The lowest BCUT2D eigenvalue weighted by Crippen LogP contribution is -2.06. The molecule has 0 aliphatic carbocycles. The standard InChI is InChI=1S/C14H19FO2/c1-10(2)13(16)6-4-5-11-7-8-14(17-3)12(15)9-11/h7-10H,4-6H2,1-3H3. The van der Waals surface area contributed by atoms with E-state index in [4.69, 9.17) is 4.74 Å². The summed E-state index contributed by atoms with van der Waals surface area (Å²) in [6, 6.07) is 4.93. The minimum Gasteiger partial charge on any atom is -0.494 e. The van der Waals surface area contributed by atoms with Gasteiger partial charge in [-0.1, -0.05) is 19.9 Å². The summed E-state index contributed by atoms with van der Waals surface area (Å²) in [4.78, 5) is 11.4. The first-order valence-electron chi connectivity index (χ1n) is 5.89. The van der Waals surface area contributed by atoms with E-state index < -0.39 is 0 Å². The van der Waals surface area contributed by atoms with Crippen LogP contribution in [0.4, 0.5) is 4.39 Å². The Hall–Kier alpha value is -1.38. The van der Waals surface area contributed by atoms with Crippen molar-refractivity contribution in [3.8, 4) is 5.75 Å². The van der Waals surface area contributed by atoms with Crippen molar-refractivity contribution in [1.82, 2.24) is 0 Å². The molecular formula is C14H19FO2. The Morgan fingerprint density at radius 2 is 2.12 bits per heavy atom. The number of carbonyl (C=O) groups excluding carboxylic acids is 1. The Bertz CT molecular complexity index is 386. The molecule has 0 unspecified atom stereocenters. The van der Waals surface area contributed by atoms with Gasteiger partial charge in [-0.25, -0.2) is 4.39 Å². The number of hydrogen-bond donors (Lipinski definition) is 0. The highest BCUT2D eigenvalue weighted by atomic mass is 19.1. The molecule has 0 fully saturated rings. The lowest BCUT2D eigenvalue weighted by molar-refractivity contribution is -0.121. The summed E-state index contributed by atoms with van der Waals surface area (Å²) in [6.45, 7) is 3.80. The molecule has 0 amide bonds. The zero-order valence-electron chi connectivity index (χ0n) is 10.6. The summed E-state index contributed by atoms with van der Waals surface area (Å²) < 4.78 is 18.2. The van der Waals surface area contributed by atoms with E-state index in [1.54, 1.807) is 6.07 Å². The number of Topliss-reactive ketones (excluding diaryl/α,β-unsaturated/α-hetero) is 1. The van der Waals surface area contributed by atoms with Crippen molar-refractivity contribution in [2.45, 2.75) is 33.1 Å². The molecule has 0 heterocycles. The second kappa shape index (κ2) is 6.38. The molecule has 0 aliphatic rings. The monoisotopic (exact) mass is 238 g/mol. The van der Waals surface area contributed by atoms with Gasteiger partial charge in [0, 0.05) is 12.3 Å². The third-order valence-electron chi connectivity index (χ3n) is 2.75. The molecule has 0 spiro atoms. The molecule has 1 aromatic rings. The first kappa shape index (κ1) is 13.7. The molecule has 0 saturated heterocycles. The molecule has 0 bridgehead atoms. The number of ketones is 1. The topological polar surface area (TPSA) is 26.3 Å². The van der Waals surface area contributed by atoms with Crippen molar-refractivity contribution < 1.29 is 13.9 Å². The number of rotatable bonds is 6. The van der Waals surface area contributed by atoms with Crippen LogP contribution in [-0.2, 0) is 11.2 Å². The number of benzene rings is 1. The predicted octanol–water partition coefficient (Wildman–Crippen LogP) is 3.38. The third kappa shape index (κ3) is 4.17. The predicted molar refractivity (Wildman–Crippen MR) is 65.7 cm³/mol. The minimum absolute atomic E-state index is 0.0857. The largest absolute Gasteiger partial charge is 0.494 e. The number of ether oxygens (including phenoxy) is 1. The van der Waals surface area contributed by atoms with Crippen molar-refractivity contribution >= 4 is 5.78 Å². The van der Waals surface area contributed by atoms with E-state index >= 15 is 0 Å². The van der Waals surface area contributed by atoms with Crippen LogP contribution < -0.4 is 4.74 Å². The molecule has 0 N–H and O–H groups in total. The minimum atomic E-state index is -0.347. The number of carbonyl (C=O) groups is 1. The fourth-order valence-corrected chi connectivity index (χ4v) is 1.62. The van der Waals surface area contributed by atoms with E-state index in [9.17, 15) is 9.18 Å². The van der Waals surface area contributed by atoms with E-state index in [-0.39, 0.29) is 23.3 Å². The zero-order chi connectivity index (χ0) is 12.8. The second-order valence-corrected chi connectivity index (χ2v) is 4.44. The summed E-state index contributed by atoms with van der Waals surface area (Å²) in [5.41, 5.74) is 0.903. The molecule has 3 heteroatoms. The molecule has 0 atom stereocenters. The van der Waals surface area contributed by atoms with Crippen LogP contribution in [0.1, 0.15) is 32.3 Å². The van der Waals surface area contributed by atoms with Gasteiger partial charge < -0.3 is 4.74 Å². The van der Waals surface area contributed by atoms with Crippen LogP contribution in [0.3, 0.4) is 0 Å². The van der Waals surface area contributed by atoms with Crippen molar-refractivity contribution in [3.05, 3.63) is 29.6 Å². The van der Waals surface area contributed by atoms with Gasteiger partial charge in [0.15, 0.2) is 11.6 Å². The highest BCUT2D eigenvalue weighted by Gasteiger charge is 2.07. The van der Waals surface area contributed by atoms with Crippen LogP contribution in [0.25, 0.3) is 0 Å². The first-order chi connectivity index (χ1) is 8.04. The van der Waals surface area contributed by atoms with Crippen molar-refractivity contribution in [3.63, 3.8) is 0 Å². The smallest absolute Gasteiger partial charge is 0.165 e. The Kier molecular flexibility index (Phi) is 5.13. The average molecular weight is 238 g/mol. The molecule has 1 aromatic carbocycles. The Balaban J connectivity index is 2.47. The summed E-state index contributed by atoms with van der Waals surface area (Å²) in [5, 5.41) is 0. The first-order valence-corrected chi connectivity index (χ1v) is 5.89. The average Bonchev–Trinajstić information content (AvgIpc) is 2.29. The van der Waals surface area contributed by atoms with E-state index in [1.807, 2.05) is 19.9 Å². The lowest BCUT2D eigenvalue weighted by atomic mass is 10.0. The van der Waals surface area contributed by atoms with E-state index in [1.165, 1.54) is 13.2 Å². The maximum atomic E-state index is 13.4. The van der Waals surface area contributed by atoms with Crippen LogP contribution in [0.5, 0.6) is 5.75 Å². The molecule has 0 radical (unpaired) electrons.